The summed E-state index contributed by atoms with van der Waals surface area (Å²) >= 11 is 3.41. The van der Waals surface area contributed by atoms with Gasteiger partial charge in [0.05, 0.1) is 11.6 Å². The molecule has 2 N–H and O–H groups in total. The van der Waals surface area contributed by atoms with Gasteiger partial charge in [0.25, 0.3) is 0 Å². The van der Waals surface area contributed by atoms with E-state index in [-0.39, 0.29) is 18.3 Å². The first-order chi connectivity index (χ1) is 14.2. The number of carboxylic acids is 1. The van der Waals surface area contributed by atoms with E-state index in [1.54, 1.807) is 44.2 Å². The number of methoxy groups -OCH3 is 1. The van der Waals surface area contributed by atoms with Crippen molar-refractivity contribution in [1.29, 1.82) is 0 Å². The number of ether oxygens (including phenoxy) is 2. The predicted molar refractivity (Wildman–Crippen MR) is 115 cm³/mol. The van der Waals surface area contributed by atoms with Crippen LogP contribution in [0.3, 0.4) is 0 Å². The second kappa shape index (κ2) is 10.8. The Morgan fingerprint density at radius 3 is 2.57 bits per heavy atom. The SMILES string of the molecule is COc1cc(/C=C/C(=O)N[C@@H](C(=O)O)C(C)C)cc(Br)c1OCc1ccccc1F. The highest BCUT2D eigenvalue weighted by Gasteiger charge is 2.22. The first-order valence-corrected chi connectivity index (χ1v) is 9.97. The van der Waals surface area contributed by atoms with Gasteiger partial charge in [0.2, 0.25) is 5.91 Å². The molecule has 0 heterocycles. The number of nitrogens with one attached hydrogen (secondary N) is 1. The fourth-order valence-electron chi connectivity index (χ4n) is 2.63. The lowest BCUT2D eigenvalue weighted by atomic mass is 10.0. The molecule has 0 fully saturated rings. The Morgan fingerprint density at radius 1 is 1.27 bits per heavy atom. The molecule has 0 saturated heterocycles. The Bertz CT molecular complexity index is 945. The molecular formula is C22H23BrFNO5. The predicted octanol–water partition coefficient (Wildman–Crippen LogP) is 4.41. The summed E-state index contributed by atoms with van der Waals surface area (Å²) in [5.41, 5.74) is 1.04. The molecule has 0 saturated carbocycles. The van der Waals surface area contributed by atoms with Gasteiger partial charge in [0, 0.05) is 11.6 Å². The normalized spacial score (nSPS) is 12.1. The second-order valence-electron chi connectivity index (χ2n) is 6.82. The molecule has 0 aromatic heterocycles. The van der Waals surface area contributed by atoms with Gasteiger partial charge in [-0.05, 0) is 51.7 Å². The number of rotatable bonds is 9. The van der Waals surface area contributed by atoms with E-state index in [1.807, 2.05) is 0 Å². The quantitative estimate of drug-likeness (QED) is 0.520. The molecule has 0 aliphatic carbocycles. The summed E-state index contributed by atoms with van der Waals surface area (Å²) < 4.78 is 25.4. The number of aliphatic carboxylic acids is 1. The Hall–Kier alpha value is -2.87. The van der Waals surface area contributed by atoms with Crippen molar-refractivity contribution >= 4 is 33.9 Å². The van der Waals surface area contributed by atoms with E-state index in [4.69, 9.17) is 14.6 Å². The number of halogens is 2. The van der Waals surface area contributed by atoms with Gasteiger partial charge in [0.15, 0.2) is 11.5 Å². The summed E-state index contributed by atoms with van der Waals surface area (Å²) in [4.78, 5) is 23.3. The summed E-state index contributed by atoms with van der Waals surface area (Å²) in [7, 11) is 1.47. The lowest BCUT2D eigenvalue weighted by Gasteiger charge is -2.16. The average Bonchev–Trinajstić information content (AvgIpc) is 2.69. The fraction of sp³-hybridized carbons (Fsp3) is 0.273. The molecule has 0 bridgehead atoms. The minimum absolute atomic E-state index is 0.0189. The molecule has 160 valence electrons. The minimum atomic E-state index is -1.09. The fourth-order valence-corrected chi connectivity index (χ4v) is 3.20. The monoisotopic (exact) mass is 479 g/mol. The molecular weight excluding hydrogens is 457 g/mol. The van der Waals surface area contributed by atoms with Crippen molar-refractivity contribution in [2.75, 3.05) is 7.11 Å². The van der Waals surface area contributed by atoms with E-state index in [1.165, 1.54) is 25.3 Å². The standard InChI is InChI=1S/C22H23BrFNO5/c1-13(2)20(22(27)28)25-19(26)9-8-14-10-16(23)21(18(11-14)29-3)30-12-15-6-4-5-7-17(15)24/h4-11,13,20H,12H2,1-3H3,(H,25,26)(H,27,28)/b9-8+/t20-/m1/s1. The highest BCUT2D eigenvalue weighted by Crippen LogP contribution is 2.37. The van der Waals surface area contributed by atoms with Crippen molar-refractivity contribution in [2.24, 2.45) is 5.92 Å². The third-order valence-corrected chi connectivity index (χ3v) is 4.83. The van der Waals surface area contributed by atoms with Gasteiger partial charge in [0.1, 0.15) is 18.5 Å². The molecule has 2 aromatic rings. The van der Waals surface area contributed by atoms with E-state index in [9.17, 15) is 14.0 Å². The number of carboxylic acid groups (broad SMARTS) is 1. The van der Waals surface area contributed by atoms with Crippen molar-refractivity contribution < 1.29 is 28.6 Å². The first kappa shape index (κ1) is 23.4. The van der Waals surface area contributed by atoms with E-state index in [0.717, 1.165) is 0 Å². The smallest absolute Gasteiger partial charge is 0.326 e. The Labute approximate surface area is 182 Å². The summed E-state index contributed by atoms with van der Waals surface area (Å²) in [6.07, 6.45) is 2.78. The van der Waals surface area contributed by atoms with Crippen LogP contribution in [-0.4, -0.2) is 30.1 Å². The van der Waals surface area contributed by atoms with Crippen molar-refractivity contribution in [2.45, 2.75) is 26.5 Å². The van der Waals surface area contributed by atoms with Crippen LogP contribution in [0, 0.1) is 11.7 Å². The van der Waals surface area contributed by atoms with Gasteiger partial charge in [-0.25, -0.2) is 9.18 Å². The van der Waals surface area contributed by atoms with Crippen LogP contribution in [0.25, 0.3) is 6.08 Å². The van der Waals surface area contributed by atoms with Crippen molar-refractivity contribution in [3.05, 3.63) is 63.9 Å². The Balaban J connectivity index is 2.14. The zero-order chi connectivity index (χ0) is 22.3. The molecule has 1 amide bonds. The minimum Gasteiger partial charge on any atom is -0.493 e. The lowest BCUT2D eigenvalue weighted by Crippen LogP contribution is -2.43. The average molecular weight is 480 g/mol. The topological polar surface area (TPSA) is 84.9 Å². The molecule has 0 aliphatic rings. The number of benzene rings is 2. The van der Waals surface area contributed by atoms with Crippen LogP contribution in [0.2, 0.25) is 0 Å². The molecule has 0 unspecified atom stereocenters. The summed E-state index contributed by atoms with van der Waals surface area (Å²) in [5, 5.41) is 11.6. The molecule has 0 radical (unpaired) electrons. The molecule has 6 nitrogen and oxygen atoms in total. The van der Waals surface area contributed by atoms with E-state index in [0.29, 0.717) is 27.1 Å². The maximum Gasteiger partial charge on any atom is 0.326 e. The summed E-state index contributed by atoms with van der Waals surface area (Å²) in [6, 6.07) is 8.71. The molecule has 30 heavy (non-hydrogen) atoms. The summed E-state index contributed by atoms with van der Waals surface area (Å²) in [6.45, 7) is 3.45. The van der Waals surface area contributed by atoms with Crippen LogP contribution in [0.5, 0.6) is 11.5 Å². The van der Waals surface area contributed by atoms with Gasteiger partial charge >= 0.3 is 5.97 Å². The molecule has 2 aromatic carbocycles. The first-order valence-electron chi connectivity index (χ1n) is 9.18. The number of hydrogen-bond acceptors (Lipinski definition) is 4. The third kappa shape index (κ3) is 6.32. The highest BCUT2D eigenvalue weighted by molar-refractivity contribution is 9.10. The third-order valence-electron chi connectivity index (χ3n) is 4.24. The van der Waals surface area contributed by atoms with E-state index < -0.39 is 17.9 Å². The van der Waals surface area contributed by atoms with Crippen molar-refractivity contribution in [3.63, 3.8) is 0 Å². The van der Waals surface area contributed by atoms with Gasteiger partial charge in [-0.1, -0.05) is 32.0 Å². The highest BCUT2D eigenvalue weighted by atomic mass is 79.9. The molecule has 2 rings (SSSR count). The Kier molecular flexibility index (Phi) is 8.41. The van der Waals surface area contributed by atoms with Gasteiger partial charge in [-0.2, -0.15) is 0 Å². The van der Waals surface area contributed by atoms with Crippen LogP contribution >= 0.6 is 15.9 Å². The van der Waals surface area contributed by atoms with E-state index >= 15 is 0 Å². The molecule has 8 heteroatoms. The van der Waals surface area contributed by atoms with Crippen LogP contribution in [0.1, 0.15) is 25.0 Å². The Morgan fingerprint density at radius 2 is 1.97 bits per heavy atom. The lowest BCUT2D eigenvalue weighted by molar-refractivity contribution is -0.142. The largest absolute Gasteiger partial charge is 0.493 e. The maximum atomic E-state index is 13.8. The van der Waals surface area contributed by atoms with Crippen molar-refractivity contribution in [3.8, 4) is 11.5 Å². The van der Waals surface area contributed by atoms with Crippen LogP contribution in [0.4, 0.5) is 4.39 Å². The number of carbonyl (C=O) groups is 2. The van der Waals surface area contributed by atoms with E-state index in [2.05, 4.69) is 21.2 Å². The number of hydrogen-bond donors (Lipinski definition) is 2. The maximum absolute atomic E-state index is 13.8. The van der Waals surface area contributed by atoms with Crippen molar-refractivity contribution in [1.82, 2.24) is 5.32 Å². The summed E-state index contributed by atoms with van der Waals surface area (Å²) in [5.74, 6) is -1.43. The van der Waals surface area contributed by atoms with Gasteiger partial charge < -0.3 is 19.9 Å². The van der Waals surface area contributed by atoms with Gasteiger partial charge in [-0.15, -0.1) is 0 Å². The molecule has 0 spiro atoms. The number of amides is 1. The molecule has 0 aliphatic heterocycles. The van der Waals surface area contributed by atoms with Crippen LogP contribution in [0.15, 0.2) is 46.9 Å². The molecule has 1 atom stereocenters. The van der Waals surface area contributed by atoms with Crippen LogP contribution < -0.4 is 14.8 Å². The zero-order valence-corrected chi connectivity index (χ0v) is 18.4. The number of carbonyl (C=O) groups excluding carboxylic acids is 1. The van der Waals surface area contributed by atoms with Gasteiger partial charge in [-0.3, -0.25) is 4.79 Å². The zero-order valence-electron chi connectivity index (χ0n) is 16.8. The second-order valence-corrected chi connectivity index (χ2v) is 7.67. The van der Waals surface area contributed by atoms with Crippen LogP contribution in [-0.2, 0) is 16.2 Å².